The average molecular weight is 756 g/mol. The number of unbranched alkanes of at least 4 members (excludes halogenated alkanes) is 9. The third kappa shape index (κ3) is 19.6. The number of aliphatic hydroxyl groups excluding tert-OH is 2. The fraction of sp³-hybridized carbons (Fsp3) is 0.846. The van der Waals surface area contributed by atoms with E-state index in [-0.39, 0.29) is 18.3 Å². The van der Waals surface area contributed by atoms with Crippen molar-refractivity contribution in [2.75, 3.05) is 20.2 Å². The Bertz CT molecular complexity index is 1120. The number of primary amides is 1. The predicted octanol–water partition coefficient (Wildman–Crippen LogP) is 3.34. The van der Waals surface area contributed by atoms with E-state index in [1.54, 1.807) is 20.8 Å². The quantitative estimate of drug-likeness (QED) is 0.0487. The molecule has 14 heteroatoms. The van der Waals surface area contributed by atoms with Crippen LogP contribution in [0.25, 0.3) is 0 Å². The van der Waals surface area contributed by atoms with Crippen LogP contribution < -0.4 is 21.7 Å². The van der Waals surface area contributed by atoms with Gasteiger partial charge in [-0.1, -0.05) is 113 Å². The van der Waals surface area contributed by atoms with Crippen LogP contribution >= 0.6 is 0 Å². The number of rotatable bonds is 29. The number of likely N-dealkylation sites (N-methyl/N-ethyl adjacent to an activating group) is 1. The topological polar surface area (TPSA) is 217 Å². The van der Waals surface area contributed by atoms with Gasteiger partial charge in [-0.3, -0.25) is 28.8 Å². The Kier molecular flexibility index (Phi) is 25.7. The van der Waals surface area contributed by atoms with Crippen molar-refractivity contribution in [1.82, 2.24) is 20.9 Å². The van der Waals surface area contributed by atoms with E-state index in [0.717, 1.165) is 19.3 Å². The van der Waals surface area contributed by atoms with Gasteiger partial charge in [0.15, 0.2) is 0 Å². The number of nitrogens with zero attached hydrogens (tertiary/aromatic N) is 1. The highest BCUT2D eigenvalue weighted by Gasteiger charge is 2.37. The van der Waals surface area contributed by atoms with Crippen LogP contribution in [0.3, 0.4) is 0 Å². The molecule has 0 heterocycles. The largest absolute Gasteiger partial charge is 0.460 e. The van der Waals surface area contributed by atoms with Crippen LogP contribution in [0.4, 0.5) is 0 Å². The molecule has 0 aromatic rings. The van der Waals surface area contributed by atoms with E-state index in [2.05, 4.69) is 22.9 Å². The number of hydrogen-bond acceptors (Lipinski definition) is 9. The van der Waals surface area contributed by atoms with Gasteiger partial charge in [0, 0.05) is 7.05 Å². The van der Waals surface area contributed by atoms with Crippen molar-refractivity contribution >= 4 is 35.5 Å². The summed E-state index contributed by atoms with van der Waals surface area (Å²) >= 11 is 0. The molecule has 0 saturated heterocycles. The van der Waals surface area contributed by atoms with Gasteiger partial charge >= 0.3 is 5.97 Å². The second-order valence-electron chi connectivity index (χ2n) is 15.1. The fourth-order valence-electron chi connectivity index (χ4n) is 5.93. The van der Waals surface area contributed by atoms with Crippen molar-refractivity contribution in [2.45, 2.75) is 169 Å². The van der Waals surface area contributed by atoms with Crippen LogP contribution in [0.1, 0.15) is 139 Å². The number of carbonyl (C=O) groups is 6. The molecule has 53 heavy (non-hydrogen) atoms. The van der Waals surface area contributed by atoms with E-state index in [1.165, 1.54) is 57.4 Å². The molecule has 0 fully saturated rings. The zero-order valence-electron chi connectivity index (χ0n) is 34.1. The third-order valence-corrected chi connectivity index (χ3v) is 10.1. The summed E-state index contributed by atoms with van der Waals surface area (Å²) in [5.74, 6) is -5.77. The minimum Gasteiger partial charge on any atom is -0.460 e. The standard InChI is InChI=1S/C39H73N5O9/c1-10-12-13-14-15-16-17-18-19-20-21-32(53-33(47)23-41-36(49)27(6)29(8)46)28(7)39(52)44(9)31(22-25(3)4)37(50)43-34(26(5)11-2)38(51)42-30(24-45)35(40)48/h25-32,34,45-46H,10-24H2,1-9H3,(H2,40,48)(H,41,49)(H,42,51)(H,43,50)/t26-,27-,28+,29-,30-,31-,32+,34-/m0/s1. The van der Waals surface area contributed by atoms with Gasteiger partial charge in [0.1, 0.15) is 30.8 Å². The van der Waals surface area contributed by atoms with Gasteiger partial charge in [-0.2, -0.15) is 0 Å². The van der Waals surface area contributed by atoms with Gasteiger partial charge in [0.05, 0.1) is 24.5 Å². The fourth-order valence-corrected chi connectivity index (χ4v) is 5.93. The van der Waals surface area contributed by atoms with Gasteiger partial charge in [0.25, 0.3) is 0 Å². The van der Waals surface area contributed by atoms with E-state index in [4.69, 9.17) is 10.5 Å². The zero-order chi connectivity index (χ0) is 40.7. The molecule has 5 amide bonds. The Morgan fingerprint density at radius 1 is 0.755 bits per heavy atom. The second kappa shape index (κ2) is 27.3. The normalized spacial score (nSPS) is 15.9. The maximum absolute atomic E-state index is 14.1. The number of carbonyl (C=O) groups excluding carboxylic acids is 6. The Labute approximate surface area is 318 Å². The summed E-state index contributed by atoms with van der Waals surface area (Å²) < 4.78 is 5.81. The molecule has 0 rings (SSSR count). The van der Waals surface area contributed by atoms with Crippen molar-refractivity contribution in [2.24, 2.45) is 29.4 Å². The maximum atomic E-state index is 14.1. The van der Waals surface area contributed by atoms with E-state index in [9.17, 15) is 39.0 Å². The van der Waals surface area contributed by atoms with Crippen molar-refractivity contribution in [1.29, 1.82) is 0 Å². The average Bonchev–Trinajstić information content (AvgIpc) is 3.11. The molecule has 0 spiro atoms. The Morgan fingerprint density at radius 3 is 1.77 bits per heavy atom. The summed E-state index contributed by atoms with van der Waals surface area (Å²) in [5.41, 5.74) is 5.29. The number of nitrogens with two attached hydrogens (primary N) is 1. The molecule has 7 N–H and O–H groups in total. The van der Waals surface area contributed by atoms with Crippen LogP contribution in [0.5, 0.6) is 0 Å². The highest BCUT2D eigenvalue weighted by molar-refractivity contribution is 5.94. The summed E-state index contributed by atoms with van der Waals surface area (Å²) in [7, 11) is 1.51. The molecule has 0 saturated carbocycles. The van der Waals surface area contributed by atoms with E-state index in [0.29, 0.717) is 19.3 Å². The van der Waals surface area contributed by atoms with Crippen molar-refractivity contribution in [3.05, 3.63) is 0 Å². The summed E-state index contributed by atoms with van der Waals surface area (Å²) in [5, 5.41) is 26.9. The summed E-state index contributed by atoms with van der Waals surface area (Å²) in [4.78, 5) is 79.4. The van der Waals surface area contributed by atoms with Crippen LogP contribution in [-0.4, -0.2) is 101 Å². The molecule has 14 nitrogen and oxygen atoms in total. The van der Waals surface area contributed by atoms with Crippen molar-refractivity contribution < 1.29 is 43.7 Å². The van der Waals surface area contributed by atoms with E-state index < -0.39 is 90.8 Å². The van der Waals surface area contributed by atoms with Gasteiger partial charge in [-0.15, -0.1) is 0 Å². The lowest BCUT2D eigenvalue weighted by atomic mass is 9.94. The first-order valence-electron chi connectivity index (χ1n) is 19.9. The van der Waals surface area contributed by atoms with Gasteiger partial charge in [-0.25, -0.2) is 0 Å². The molecular weight excluding hydrogens is 682 g/mol. The summed E-state index contributed by atoms with van der Waals surface area (Å²) in [6.45, 7) is 13.2. The molecule has 0 aromatic carbocycles. The lowest BCUT2D eigenvalue weighted by molar-refractivity contribution is -0.158. The van der Waals surface area contributed by atoms with Crippen molar-refractivity contribution in [3.8, 4) is 0 Å². The number of aliphatic hydroxyl groups is 2. The molecule has 308 valence electrons. The Balaban J connectivity index is 5.98. The number of esters is 1. The molecule has 0 bridgehead atoms. The third-order valence-electron chi connectivity index (χ3n) is 10.1. The van der Waals surface area contributed by atoms with Gasteiger partial charge in [0.2, 0.25) is 29.5 Å². The van der Waals surface area contributed by atoms with Crippen molar-refractivity contribution in [3.63, 3.8) is 0 Å². The number of ether oxygens (including phenoxy) is 1. The minimum atomic E-state index is -1.33. The summed E-state index contributed by atoms with van der Waals surface area (Å²) in [6, 6.07) is -3.38. The molecule has 0 aliphatic rings. The lowest BCUT2D eigenvalue weighted by Crippen LogP contribution is -2.59. The van der Waals surface area contributed by atoms with Gasteiger partial charge in [-0.05, 0) is 38.0 Å². The van der Waals surface area contributed by atoms with E-state index in [1.807, 2.05) is 20.8 Å². The first-order valence-corrected chi connectivity index (χ1v) is 19.9. The molecule has 0 unspecified atom stereocenters. The van der Waals surface area contributed by atoms with E-state index >= 15 is 0 Å². The smallest absolute Gasteiger partial charge is 0.325 e. The zero-order valence-corrected chi connectivity index (χ0v) is 34.1. The van der Waals surface area contributed by atoms with Gasteiger partial charge < -0.3 is 41.5 Å². The van der Waals surface area contributed by atoms with Crippen LogP contribution in [0, 0.1) is 23.7 Å². The predicted molar refractivity (Wildman–Crippen MR) is 205 cm³/mol. The SMILES string of the molecule is CCCCCCCCCCCC[C@@H](OC(=O)CNC(=O)[C@@H](C)[C@H](C)O)[C@@H](C)C(=O)N(C)[C@@H](CC(C)C)C(=O)N[C@H](C(=O)N[C@@H](CO)C(N)=O)[C@@H](C)CC. The maximum Gasteiger partial charge on any atom is 0.325 e. The van der Waals surface area contributed by atoms with Crippen LogP contribution in [-0.2, 0) is 33.5 Å². The first-order chi connectivity index (χ1) is 24.9. The molecule has 0 aliphatic carbocycles. The highest BCUT2D eigenvalue weighted by atomic mass is 16.5. The minimum absolute atomic E-state index is 0.0197. The molecular formula is C39H73N5O9. The summed E-state index contributed by atoms with van der Waals surface area (Å²) in [6.07, 6.45) is 10.5. The highest BCUT2D eigenvalue weighted by Crippen LogP contribution is 2.22. The lowest BCUT2D eigenvalue weighted by Gasteiger charge is -2.34. The molecule has 0 aromatic heterocycles. The van der Waals surface area contributed by atoms with Crippen LogP contribution in [0.2, 0.25) is 0 Å². The molecule has 8 atom stereocenters. The van der Waals surface area contributed by atoms with Crippen LogP contribution in [0.15, 0.2) is 0 Å². The number of nitrogens with one attached hydrogen (secondary N) is 3. The molecule has 0 aliphatic heterocycles. The molecule has 0 radical (unpaired) electrons. The monoisotopic (exact) mass is 756 g/mol. The second-order valence-corrected chi connectivity index (χ2v) is 15.1. The number of amides is 5. The first kappa shape index (κ1) is 49.7. The number of hydrogen-bond donors (Lipinski definition) is 6. The Morgan fingerprint density at radius 2 is 1.30 bits per heavy atom. The Hall–Kier alpha value is -3.26.